The van der Waals surface area contributed by atoms with Crippen LogP contribution in [0.25, 0.3) is 0 Å². The van der Waals surface area contributed by atoms with Gasteiger partial charge < -0.3 is 5.11 Å². The largest absolute Gasteiger partial charge is 0.481 e. The molecule has 1 unspecified atom stereocenters. The van der Waals surface area contributed by atoms with Crippen molar-refractivity contribution in [2.75, 3.05) is 0 Å². The Hall–Kier alpha value is -1.12. The molecule has 1 rings (SSSR count). The quantitative estimate of drug-likeness (QED) is 0.622. The van der Waals surface area contributed by atoms with Crippen molar-refractivity contribution >= 4 is 12.2 Å². The van der Waals surface area contributed by atoms with Crippen LogP contribution in [0.4, 0.5) is 0 Å². The zero-order chi connectivity index (χ0) is 7.40. The number of allylic oxidation sites excluding steroid dienone is 1. The van der Waals surface area contributed by atoms with E-state index in [0.717, 1.165) is 6.42 Å². The first-order valence-corrected chi connectivity index (χ1v) is 3.19. The maximum atomic E-state index is 10.2. The summed E-state index contributed by atoms with van der Waals surface area (Å²) in [7, 11) is 0. The summed E-state index contributed by atoms with van der Waals surface area (Å²) >= 11 is 0. The Kier molecular flexibility index (Phi) is 2.20. The van der Waals surface area contributed by atoms with Crippen molar-refractivity contribution < 1.29 is 9.90 Å². The maximum Gasteiger partial charge on any atom is 0.304 e. The maximum absolute atomic E-state index is 10.2. The Morgan fingerprint density at radius 2 is 2.60 bits per heavy atom. The lowest BCUT2D eigenvalue weighted by Crippen LogP contribution is -2.09. The average Bonchev–Trinajstić information content (AvgIpc) is 1.88. The summed E-state index contributed by atoms with van der Waals surface area (Å²) in [6.07, 6.45) is 6.25. The summed E-state index contributed by atoms with van der Waals surface area (Å²) in [6, 6.07) is 0. The van der Waals surface area contributed by atoms with Gasteiger partial charge in [-0.3, -0.25) is 9.79 Å². The van der Waals surface area contributed by atoms with Gasteiger partial charge in [-0.25, -0.2) is 0 Å². The number of carboxylic acid groups (broad SMARTS) is 1. The lowest BCUT2D eigenvalue weighted by atomic mass is 10.0. The molecule has 0 aromatic rings. The number of aliphatic carboxylic acids is 1. The molecule has 1 aliphatic rings. The normalized spacial score (nSPS) is 23.0. The monoisotopic (exact) mass is 139 g/mol. The molecule has 0 aliphatic carbocycles. The number of rotatable bonds is 2. The van der Waals surface area contributed by atoms with Gasteiger partial charge in [0.15, 0.2) is 0 Å². The van der Waals surface area contributed by atoms with Gasteiger partial charge in [0, 0.05) is 18.3 Å². The Morgan fingerprint density at radius 3 is 3.10 bits per heavy atom. The van der Waals surface area contributed by atoms with Crippen LogP contribution in [-0.2, 0) is 4.79 Å². The Morgan fingerprint density at radius 1 is 1.80 bits per heavy atom. The summed E-state index contributed by atoms with van der Waals surface area (Å²) in [5.74, 6) is -0.658. The van der Waals surface area contributed by atoms with E-state index < -0.39 is 5.97 Å². The predicted octanol–water partition coefficient (Wildman–Crippen LogP) is 1.07. The number of carbonyl (C=O) groups is 1. The second-order valence-corrected chi connectivity index (χ2v) is 2.28. The predicted molar refractivity (Wildman–Crippen MR) is 38.0 cm³/mol. The van der Waals surface area contributed by atoms with Crippen LogP contribution < -0.4 is 0 Å². The van der Waals surface area contributed by atoms with Gasteiger partial charge in [-0.15, -0.1) is 0 Å². The molecule has 1 N–H and O–H groups in total. The van der Waals surface area contributed by atoms with E-state index in [1.807, 2.05) is 6.08 Å². The molecular weight excluding hydrogens is 130 g/mol. The van der Waals surface area contributed by atoms with Crippen LogP contribution in [0.15, 0.2) is 17.3 Å². The molecule has 0 amide bonds. The van der Waals surface area contributed by atoms with Crippen molar-refractivity contribution in [3.8, 4) is 0 Å². The smallest absolute Gasteiger partial charge is 0.304 e. The van der Waals surface area contributed by atoms with E-state index >= 15 is 0 Å². The minimum absolute atomic E-state index is 0.0995. The highest BCUT2D eigenvalue weighted by Gasteiger charge is 2.09. The highest BCUT2D eigenvalue weighted by atomic mass is 16.4. The highest BCUT2D eigenvalue weighted by molar-refractivity contribution is 5.74. The van der Waals surface area contributed by atoms with Crippen molar-refractivity contribution in [3.63, 3.8) is 0 Å². The lowest BCUT2D eigenvalue weighted by Gasteiger charge is -2.07. The van der Waals surface area contributed by atoms with Crippen LogP contribution >= 0.6 is 0 Å². The molecule has 0 fully saturated rings. The summed E-state index contributed by atoms with van der Waals surface area (Å²) in [4.78, 5) is 14.0. The van der Waals surface area contributed by atoms with Gasteiger partial charge in [0.05, 0.1) is 6.42 Å². The molecule has 0 saturated heterocycles. The summed E-state index contributed by atoms with van der Waals surface area (Å²) < 4.78 is 0. The molecule has 0 aromatic carbocycles. The zero-order valence-corrected chi connectivity index (χ0v) is 5.53. The van der Waals surface area contributed by atoms with Gasteiger partial charge >= 0.3 is 5.97 Å². The molecule has 54 valence electrons. The molecule has 0 saturated carbocycles. The zero-order valence-electron chi connectivity index (χ0n) is 5.53. The van der Waals surface area contributed by atoms with Crippen LogP contribution in [0.5, 0.6) is 0 Å². The van der Waals surface area contributed by atoms with E-state index in [4.69, 9.17) is 5.11 Å². The number of aliphatic imine (C=N–C) groups is 1. The fourth-order valence-electron chi connectivity index (χ4n) is 0.889. The minimum Gasteiger partial charge on any atom is -0.481 e. The van der Waals surface area contributed by atoms with Gasteiger partial charge in [0.25, 0.3) is 0 Å². The fraction of sp³-hybridized carbons (Fsp3) is 0.429. The SMILES string of the molecule is O=C(O)CC1C=NC=CC1. The van der Waals surface area contributed by atoms with Gasteiger partial charge in [0.2, 0.25) is 0 Å². The first-order chi connectivity index (χ1) is 4.79. The van der Waals surface area contributed by atoms with Gasteiger partial charge in [-0.1, -0.05) is 6.08 Å². The Bertz CT molecular complexity index is 184. The van der Waals surface area contributed by atoms with Crippen LogP contribution in [0.1, 0.15) is 12.8 Å². The highest BCUT2D eigenvalue weighted by Crippen LogP contribution is 2.10. The first kappa shape index (κ1) is 6.99. The van der Waals surface area contributed by atoms with E-state index in [2.05, 4.69) is 4.99 Å². The third kappa shape index (κ3) is 2.01. The van der Waals surface area contributed by atoms with E-state index in [1.165, 1.54) is 0 Å². The molecule has 10 heavy (non-hydrogen) atoms. The van der Waals surface area contributed by atoms with Gasteiger partial charge in [-0.05, 0) is 6.42 Å². The molecule has 1 atom stereocenters. The molecule has 0 aromatic heterocycles. The summed E-state index contributed by atoms with van der Waals surface area (Å²) in [6.45, 7) is 0. The summed E-state index contributed by atoms with van der Waals surface area (Å²) in [5.41, 5.74) is 0. The molecule has 1 heterocycles. The Balaban J connectivity index is 2.37. The van der Waals surface area contributed by atoms with Crippen LogP contribution in [-0.4, -0.2) is 17.3 Å². The topological polar surface area (TPSA) is 49.7 Å². The molecular formula is C7H9NO2. The third-order valence-corrected chi connectivity index (χ3v) is 1.36. The van der Waals surface area contributed by atoms with Crippen molar-refractivity contribution in [2.24, 2.45) is 10.9 Å². The van der Waals surface area contributed by atoms with Crippen molar-refractivity contribution in [1.82, 2.24) is 0 Å². The van der Waals surface area contributed by atoms with Crippen molar-refractivity contribution in [2.45, 2.75) is 12.8 Å². The standard InChI is InChI=1S/C7H9NO2/c9-7(10)4-6-2-1-3-8-5-6/h1,3,5-6H,2,4H2,(H,9,10). The van der Waals surface area contributed by atoms with E-state index in [-0.39, 0.29) is 12.3 Å². The molecule has 0 radical (unpaired) electrons. The summed E-state index contributed by atoms with van der Waals surface area (Å²) in [5, 5.41) is 8.38. The third-order valence-electron chi connectivity index (χ3n) is 1.36. The van der Waals surface area contributed by atoms with Crippen LogP contribution in [0, 0.1) is 5.92 Å². The van der Waals surface area contributed by atoms with Gasteiger partial charge in [-0.2, -0.15) is 0 Å². The van der Waals surface area contributed by atoms with E-state index in [1.54, 1.807) is 12.4 Å². The number of nitrogens with zero attached hydrogens (tertiary/aromatic N) is 1. The first-order valence-electron chi connectivity index (χ1n) is 3.19. The fourth-order valence-corrected chi connectivity index (χ4v) is 0.889. The van der Waals surface area contributed by atoms with E-state index in [0.29, 0.717) is 0 Å². The molecule has 3 nitrogen and oxygen atoms in total. The van der Waals surface area contributed by atoms with Gasteiger partial charge in [0.1, 0.15) is 0 Å². The number of hydrogen-bond acceptors (Lipinski definition) is 2. The van der Waals surface area contributed by atoms with Crippen molar-refractivity contribution in [1.29, 1.82) is 0 Å². The average molecular weight is 139 g/mol. The number of carboxylic acids is 1. The van der Waals surface area contributed by atoms with Crippen LogP contribution in [0.3, 0.4) is 0 Å². The van der Waals surface area contributed by atoms with Crippen LogP contribution in [0.2, 0.25) is 0 Å². The lowest BCUT2D eigenvalue weighted by molar-refractivity contribution is -0.137. The molecule has 3 heteroatoms. The van der Waals surface area contributed by atoms with Crippen molar-refractivity contribution in [3.05, 3.63) is 12.3 Å². The van der Waals surface area contributed by atoms with E-state index in [9.17, 15) is 4.79 Å². The minimum atomic E-state index is -0.758. The molecule has 0 spiro atoms. The number of hydrogen-bond donors (Lipinski definition) is 1. The molecule has 0 bridgehead atoms. The molecule has 1 aliphatic heterocycles. The second-order valence-electron chi connectivity index (χ2n) is 2.28. The second kappa shape index (κ2) is 3.15. The Labute approximate surface area is 59.1 Å².